The van der Waals surface area contributed by atoms with Crippen molar-refractivity contribution in [2.45, 2.75) is 52.1 Å². The fraction of sp³-hybridized carbons (Fsp3) is 0.333. The van der Waals surface area contributed by atoms with Gasteiger partial charge in [0.2, 0.25) is 0 Å². The normalized spacial score (nSPS) is 19.8. The summed E-state index contributed by atoms with van der Waals surface area (Å²) in [6, 6.07) is 19.8. The minimum Gasteiger partial charge on any atom is -0.493 e. The molecule has 2 aliphatic rings. The molecule has 148 valence electrons. The first-order chi connectivity index (χ1) is 14.1. The number of aryl methyl sites for hydroxylation is 3. The van der Waals surface area contributed by atoms with Crippen LogP contribution in [0.5, 0.6) is 11.5 Å². The monoisotopic (exact) mass is 384 g/mol. The molecule has 0 N–H and O–H groups in total. The first kappa shape index (κ1) is 18.3. The van der Waals surface area contributed by atoms with Gasteiger partial charge in [0.05, 0.1) is 6.61 Å². The van der Waals surface area contributed by atoms with Crippen molar-refractivity contribution in [3.05, 3.63) is 82.4 Å². The molecule has 3 aromatic rings. The van der Waals surface area contributed by atoms with Gasteiger partial charge >= 0.3 is 0 Å². The Morgan fingerprint density at radius 3 is 2.52 bits per heavy atom. The third kappa shape index (κ3) is 3.21. The van der Waals surface area contributed by atoms with E-state index in [1.54, 1.807) is 0 Å². The smallest absolute Gasteiger partial charge is 0.127 e. The number of hydrogen-bond acceptors (Lipinski definition) is 2. The van der Waals surface area contributed by atoms with Crippen LogP contribution >= 0.6 is 0 Å². The van der Waals surface area contributed by atoms with E-state index >= 15 is 0 Å². The minimum atomic E-state index is 0.0909. The molecule has 0 amide bonds. The fourth-order valence-corrected chi connectivity index (χ4v) is 4.89. The quantitative estimate of drug-likeness (QED) is 0.488. The molecule has 1 unspecified atom stereocenters. The molecular formula is C27H28O2. The maximum absolute atomic E-state index is 6.48. The Bertz CT molecular complexity index is 1050. The Labute approximate surface area is 173 Å². The van der Waals surface area contributed by atoms with E-state index in [1.807, 2.05) is 0 Å². The van der Waals surface area contributed by atoms with Gasteiger partial charge in [0, 0.05) is 17.5 Å². The molecule has 0 aliphatic carbocycles. The summed E-state index contributed by atoms with van der Waals surface area (Å²) in [5.41, 5.74) is 9.19. The number of rotatable bonds is 3. The molecule has 0 aromatic heterocycles. The van der Waals surface area contributed by atoms with Crippen LogP contribution in [-0.2, 0) is 6.42 Å². The molecular weight excluding hydrogens is 356 g/mol. The summed E-state index contributed by atoms with van der Waals surface area (Å²) in [6.45, 7) is 7.41. The Kier molecular flexibility index (Phi) is 4.58. The van der Waals surface area contributed by atoms with E-state index in [0.717, 1.165) is 37.4 Å². The average Bonchev–Trinajstić information content (AvgIpc) is 3.13. The van der Waals surface area contributed by atoms with Gasteiger partial charge < -0.3 is 9.47 Å². The van der Waals surface area contributed by atoms with Gasteiger partial charge in [-0.1, -0.05) is 43.3 Å². The zero-order valence-electron chi connectivity index (χ0n) is 17.5. The Hall–Kier alpha value is -2.74. The van der Waals surface area contributed by atoms with E-state index in [9.17, 15) is 0 Å². The predicted molar refractivity (Wildman–Crippen MR) is 118 cm³/mol. The van der Waals surface area contributed by atoms with E-state index in [-0.39, 0.29) is 6.10 Å². The third-order valence-corrected chi connectivity index (χ3v) is 6.54. The predicted octanol–water partition coefficient (Wildman–Crippen LogP) is 6.92. The Balaban J connectivity index is 1.46. The van der Waals surface area contributed by atoms with Crippen molar-refractivity contribution in [2.75, 3.05) is 6.61 Å². The highest BCUT2D eigenvalue weighted by molar-refractivity contribution is 5.71. The van der Waals surface area contributed by atoms with Crippen molar-refractivity contribution in [3.63, 3.8) is 0 Å². The first-order valence-electron chi connectivity index (χ1n) is 10.8. The minimum absolute atomic E-state index is 0.0909. The van der Waals surface area contributed by atoms with Crippen molar-refractivity contribution in [2.24, 2.45) is 0 Å². The molecule has 2 nitrogen and oxygen atoms in total. The van der Waals surface area contributed by atoms with Crippen LogP contribution in [0.1, 0.15) is 59.6 Å². The Morgan fingerprint density at radius 2 is 1.72 bits per heavy atom. The lowest BCUT2D eigenvalue weighted by molar-refractivity contribution is 0.176. The van der Waals surface area contributed by atoms with Crippen LogP contribution in [0.15, 0.2) is 54.6 Å². The number of benzene rings is 3. The molecule has 0 saturated carbocycles. The molecule has 2 atom stereocenters. The van der Waals surface area contributed by atoms with Crippen LogP contribution in [0.4, 0.5) is 0 Å². The van der Waals surface area contributed by atoms with Gasteiger partial charge in [-0.05, 0) is 78.6 Å². The van der Waals surface area contributed by atoms with Crippen molar-refractivity contribution in [1.82, 2.24) is 0 Å². The highest BCUT2D eigenvalue weighted by Gasteiger charge is 2.28. The van der Waals surface area contributed by atoms with E-state index in [0.29, 0.717) is 5.92 Å². The highest BCUT2D eigenvalue weighted by Crippen LogP contribution is 2.44. The largest absolute Gasteiger partial charge is 0.493 e. The van der Waals surface area contributed by atoms with Crippen LogP contribution in [0.25, 0.3) is 11.1 Å². The average molecular weight is 385 g/mol. The van der Waals surface area contributed by atoms with Gasteiger partial charge in [0.15, 0.2) is 0 Å². The molecule has 0 bridgehead atoms. The lowest BCUT2D eigenvalue weighted by Gasteiger charge is -2.27. The molecule has 2 aliphatic heterocycles. The zero-order chi connectivity index (χ0) is 20.0. The Morgan fingerprint density at radius 1 is 0.931 bits per heavy atom. The van der Waals surface area contributed by atoms with E-state index in [4.69, 9.17) is 9.47 Å². The van der Waals surface area contributed by atoms with E-state index in [2.05, 4.69) is 75.4 Å². The van der Waals surface area contributed by atoms with Crippen molar-refractivity contribution in [1.29, 1.82) is 0 Å². The summed E-state index contributed by atoms with van der Waals surface area (Å²) >= 11 is 0. The molecule has 0 saturated heterocycles. The van der Waals surface area contributed by atoms with Crippen LogP contribution in [0.2, 0.25) is 0 Å². The van der Waals surface area contributed by atoms with Gasteiger partial charge in [-0.15, -0.1) is 0 Å². The van der Waals surface area contributed by atoms with Crippen LogP contribution in [0, 0.1) is 13.8 Å². The van der Waals surface area contributed by atoms with Gasteiger partial charge in [0.25, 0.3) is 0 Å². The molecule has 0 radical (unpaired) electrons. The molecule has 29 heavy (non-hydrogen) atoms. The third-order valence-electron chi connectivity index (χ3n) is 6.54. The highest BCUT2D eigenvalue weighted by atomic mass is 16.5. The van der Waals surface area contributed by atoms with Crippen molar-refractivity contribution >= 4 is 0 Å². The summed E-state index contributed by atoms with van der Waals surface area (Å²) < 4.78 is 12.4. The van der Waals surface area contributed by atoms with Crippen molar-refractivity contribution < 1.29 is 9.47 Å². The maximum Gasteiger partial charge on any atom is 0.127 e. The lowest BCUT2D eigenvalue weighted by Crippen LogP contribution is -2.15. The number of fused-ring (bicyclic) bond motifs is 2. The maximum atomic E-state index is 6.48. The zero-order valence-corrected chi connectivity index (χ0v) is 17.5. The molecule has 2 heterocycles. The number of hydrogen-bond donors (Lipinski definition) is 0. The van der Waals surface area contributed by atoms with E-state index in [1.165, 1.54) is 38.9 Å². The first-order valence-corrected chi connectivity index (χ1v) is 10.8. The number of ether oxygens (including phenoxy) is 2. The van der Waals surface area contributed by atoms with Crippen LogP contribution in [0.3, 0.4) is 0 Å². The summed E-state index contributed by atoms with van der Waals surface area (Å²) in [5, 5.41) is 0. The lowest BCUT2D eigenvalue weighted by atomic mass is 9.90. The SMILES string of the molecule is CC[C@@H]1COc2cc3c(cc21)CCC(c1cccc(-c2c(C)cccc2C)c1)O3. The standard InChI is InChI=1S/C27H28O2/c1-4-19-16-28-26-15-25-21(14-23(19)26)11-12-24(29-25)20-9-6-10-22(13-20)27-17(2)7-5-8-18(27)3/h5-10,13-15,19,24H,4,11-12,16H2,1-3H3/t19-,24?/m1/s1. The van der Waals surface area contributed by atoms with Crippen LogP contribution < -0.4 is 9.47 Å². The summed E-state index contributed by atoms with van der Waals surface area (Å²) in [7, 11) is 0. The summed E-state index contributed by atoms with van der Waals surface area (Å²) in [5.74, 6) is 2.54. The topological polar surface area (TPSA) is 18.5 Å². The molecule has 5 rings (SSSR count). The van der Waals surface area contributed by atoms with Gasteiger partial charge in [-0.3, -0.25) is 0 Å². The van der Waals surface area contributed by atoms with Gasteiger partial charge in [0.1, 0.15) is 17.6 Å². The second kappa shape index (κ2) is 7.26. The van der Waals surface area contributed by atoms with Crippen LogP contribution in [-0.4, -0.2) is 6.61 Å². The van der Waals surface area contributed by atoms with Crippen molar-refractivity contribution in [3.8, 4) is 22.6 Å². The fourth-order valence-electron chi connectivity index (χ4n) is 4.89. The second-order valence-electron chi connectivity index (χ2n) is 8.45. The molecule has 2 heteroatoms. The van der Waals surface area contributed by atoms with E-state index < -0.39 is 0 Å². The van der Waals surface area contributed by atoms with Gasteiger partial charge in [-0.25, -0.2) is 0 Å². The molecule has 3 aromatic carbocycles. The molecule has 0 spiro atoms. The summed E-state index contributed by atoms with van der Waals surface area (Å²) in [6.07, 6.45) is 3.28. The van der Waals surface area contributed by atoms with Gasteiger partial charge in [-0.2, -0.15) is 0 Å². The molecule has 0 fully saturated rings. The summed E-state index contributed by atoms with van der Waals surface area (Å²) in [4.78, 5) is 0. The second-order valence-corrected chi connectivity index (χ2v) is 8.45.